The maximum absolute atomic E-state index is 5.08. The molecule has 0 saturated heterocycles. The van der Waals surface area contributed by atoms with Crippen LogP contribution in [0.3, 0.4) is 0 Å². The average Bonchev–Trinajstić information content (AvgIpc) is 2.67. The Hall–Kier alpha value is -0.120. The number of nitrogens with one attached hydrogen (secondary N) is 1. The Morgan fingerprint density at radius 2 is 2.19 bits per heavy atom. The standard InChI is InChI=1S/C13H28N2O/c1-4-14-13-8-5-7-12(13)11-15(2)9-6-10-16-3/h12-14H,4-11H2,1-3H3. The predicted molar refractivity (Wildman–Crippen MR) is 68.8 cm³/mol. The van der Waals surface area contributed by atoms with Gasteiger partial charge in [0.15, 0.2) is 0 Å². The van der Waals surface area contributed by atoms with Crippen LogP contribution in [0.2, 0.25) is 0 Å². The van der Waals surface area contributed by atoms with Gasteiger partial charge in [-0.15, -0.1) is 0 Å². The van der Waals surface area contributed by atoms with Gasteiger partial charge in [-0.05, 0) is 38.8 Å². The van der Waals surface area contributed by atoms with Gasteiger partial charge in [-0.3, -0.25) is 0 Å². The van der Waals surface area contributed by atoms with Crippen LogP contribution in [0.5, 0.6) is 0 Å². The normalized spacial score (nSPS) is 25.5. The van der Waals surface area contributed by atoms with Gasteiger partial charge >= 0.3 is 0 Å². The number of nitrogens with zero attached hydrogens (tertiary/aromatic N) is 1. The van der Waals surface area contributed by atoms with Crippen molar-refractivity contribution in [3.8, 4) is 0 Å². The number of rotatable bonds is 8. The first-order valence-electron chi connectivity index (χ1n) is 6.68. The molecule has 2 atom stereocenters. The fourth-order valence-corrected chi connectivity index (χ4v) is 2.76. The minimum absolute atomic E-state index is 0.759. The van der Waals surface area contributed by atoms with Crippen molar-refractivity contribution >= 4 is 0 Å². The molecule has 3 nitrogen and oxygen atoms in total. The molecule has 1 aliphatic rings. The van der Waals surface area contributed by atoms with Crippen LogP contribution in [0.4, 0.5) is 0 Å². The van der Waals surface area contributed by atoms with Crippen LogP contribution in [0.25, 0.3) is 0 Å². The van der Waals surface area contributed by atoms with E-state index < -0.39 is 0 Å². The van der Waals surface area contributed by atoms with Crippen LogP contribution >= 0.6 is 0 Å². The van der Waals surface area contributed by atoms with E-state index in [1.54, 1.807) is 7.11 Å². The molecule has 0 radical (unpaired) electrons. The molecule has 1 fully saturated rings. The van der Waals surface area contributed by atoms with Crippen molar-refractivity contribution in [3.05, 3.63) is 0 Å². The van der Waals surface area contributed by atoms with Crippen molar-refractivity contribution in [3.63, 3.8) is 0 Å². The molecule has 3 heteroatoms. The van der Waals surface area contributed by atoms with Crippen LogP contribution in [0, 0.1) is 5.92 Å². The Balaban J connectivity index is 2.18. The van der Waals surface area contributed by atoms with E-state index in [2.05, 4.69) is 24.2 Å². The van der Waals surface area contributed by atoms with E-state index in [0.29, 0.717) is 0 Å². The molecule has 0 spiro atoms. The molecule has 0 amide bonds. The molecule has 16 heavy (non-hydrogen) atoms. The molecule has 96 valence electrons. The van der Waals surface area contributed by atoms with Crippen LogP contribution in [-0.2, 0) is 4.74 Å². The summed E-state index contributed by atoms with van der Waals surface area (Å²) >= 11 is 0. The lowest BCUT2D eigenvalue weighted by Gasteiger charge is -2.26. The Labute approximate surface area is 101 Å². The molecular formula is C13H28N2O. The highest BCUT2D eigenvalue weighted by Gasteiger charge is 2.26. The summed E-state index contributed by atoms with van der Waals surface area (Å²) < 4.78 is 5.08. The summed E-state index contributed by atoms with van der Waals surface area (Å²) in [5.41, 5.74) is 0. The third-order valence-corrected chi connectivity index (χ3v) is 3.56. The lowest BCUT2D eigenvalue weighted by Crippen LogP contribution is -2.38. The van der Waals surface area contributed by atoms with Crippen LogP contribution in [-0.4, -0.2) is 51.3 Å². The summed E-state index contributed by atoms with van der Waals surface area (Å²) in [6.07, 6.45) is 5.30. The molecule has 0 bridgehead atoms. The zero-order valence-electron chi connectivity index (χ0n) is 11.2. The Morgan fingerprint density at radius 3 is 2.88 bits per heavy atom. The summed E-state index contributed by atoms with van der Waals surface area (Å²) in [7, 11) is 4.01. The van der Waals surface area contributed by atoms with E-state index in [1.807, 2.05) is 0 Å². The summed E-state index contributed by atoms with van der Waals surface area (Å²) in [5.74, 6) is 0.854. The van der Waals surface area contributed by atoms with Crippen molar-refractivity contribution < 1.29 is 4.74 Å². The van der Waals surface area contributed by atoms with Gasteiger partial charge in [0.2, 0.25) is 0 Å². The molecule has 1 saturated carbocycles. The molecular weight excluding hydrogens is 200 g/mol. The van der Waals surface area contributed by atoms with Gasteiger partial charge in [0.05, 0.1) is 0 Å². The number of hydrogen-bond donors (Lipinski definition) is 1. The zero-order valence-corrected chi connectivity index (χ0v) is 11.2. The van der Waals surface area contributed by atoms with Gasteiger partial charge in [-0.1, -0.05) is 13.3 Å². The molecule has 0 aliphatic heterocycles. The van der Waals surface area contributed by atoms with Crippen molar-refractivity contribution in [2.24, 2.45) is 5.92 Å². The summed E-state index contributed by atoms with van der Waals surface area (Å²) in [6, 6.07) is 0.759. The van der Waals surface area contributed by atoms with Gasteiger partial charge in [0, 0.05) is 32.8 Å². The minimum Gasteiger partial charge on any atom is -0.385 e. The topological polar surface area (TPSA) is 24.5 Å². The van der Waals surface area contributed by atoms with Crippen LogP contribution < -0.4 is 5.32 Å². The predicted octanol–water partition coefficient (Wildman–Crippen LogP) is 1.73. The van der Waals surface area contributed by atoms with E-state index in [4.69, 9.17) is 4.74 Å². The molecule has 0 heterocycles. The van der Waals surface area contributed by atoms with Crippen LogP contribution in [0.1, 0.15) is 32.6 Å². The summed E-state index contributed by atoms with van der Waals surface area (Å²) in [5, 5.41) is 3.62. The third kappa shape index (κ3) is 4.81. The lowest BCUT2D eigenvalue weighted by molar-refractivity contribution is 0.171. The van der Waals surface area contributed by atoms with Gasteiger partial charge in [0.1, 0.15) is 0 Å². The number of hydrogen-bond acceptors (Lipinski definition) is 3. The quantitative estimate of drug-likeness (QED) is 0.640. The minimum atomic E-state index is 0.759. The van der Waals surface area contributed by atoms with Gasteiger partial charge < -0.3 is 15.0 Å². The Kier molecular flexibility index (Phi) is 7.01. The maximum Gasteiger partial charge on any atom is 0.0474 e. The fourth-order valence-electron chi connectivity index (χ4n) is 2.76. The van der Waals surface area contributed by atoms with Crippen molar-refractivity contribution in [2.75, 3.05) is 40.4 Å². The SMILES string of the molecule is CCNC1CCCC1CN(C)CCCOC. The molecule has 1 rings (SSSR count). The molecule has 1 aliphatic carbocycles. The molecule has 0 aromatic rings. The second kappa shape index (κ2) is 8.04. The van der Waals surface area contributed by atoms with E-state index in [-0.39, 0.29) is 0 Å². The first-order chi connectivity index (χ1) is 7.77. The fraction of sp³-hybridized carbons (Fsp3) is 1.00. The van der Waals surface area contributed by atoms with Crippen molar-refractivity contribution in [2.45, 2.75) is 38.6 Å². The van der Waals surface area contributed by atoms with E-state index >= 15 is 0 Å². The second-order valence-corrected chi connectivity index (χ2v) is 4.96. The Bertz CT molecular complexity index is 175. The van der Waals surface area contributed by atoms with E-state index in [9.17, 15) is 0 Å². The second-order valence-electron chi connectivity index (χ2n) is 4.96. The molecule has 2 unspecified atom stereocenters. The highest BCUT2D eigenvalue weighted by Crippen LogP contribution is 2.26. The highest BCUT2D eigenvalue weighted by molar-refractivity contribution is 4.84. The Morgan fingerprint density at radius 1 is 1.38 bits per heavy atom. The monoisotopic (exact) mass is 228 g/mol. The first kappa shape index (κ1) is 13.9. The smallest absolute Gasteiger partial charge is 0.0474 e. The number of ether oxygens (including phenoxy) is 1. The van der Waals surface area contributed by atoms with E-state index in [0.717, 1.165) is 38.1 Å². The summed E-state index contributed by atoms with van der Waals surface area (Å²) in [6.45, 7) is 6.59. The van der Waals surface area contributed by atoms with Gasteiger partial charge in [-0.25, -0.2) is 0 Å². The van der Waals surface area contributed by atoms with Gasteiger partial charge in [0.25, 0.3) is 0 Å². The largest absolute Gasteiger partial charge is 0.385 e. The van der Waals surface area contributed by atoms with E-state index in [1.165, 1.54) is 25.8 Å². The summed E-state index contributed by atoms with van der Waals surface area (Å²) in [4.78, 5) is 2.46. The maximum atomic E-state index is 5.08. The first-order valence-corrected chi connectivity index (χ1v) is 6.68. The van der Waals surface area contributed by atoms with Crippen LogP contribution in [0.15, 0.2) is 0 Å². The van der Waals surface area contributed by atoms with Crippen molar-refractivity contribution in [1.29, 1.82) is 0 Å². The molecule has 0 aromatic heterocycles. The number of methoxy groups -OCH3 is 1. The molecule has 1 N–H and O–H groups in total. The average molecular weight is 228 g/mol. The van der Waals surface area contributed by atoms with Gasteiger partial charge in [-0.2, -0.15) is 0 Å². The highest BCUT2D eigenvalue weighted by atomic mass is 16.5. The van der Waals surface area contributed by atoms with Crippen molar-refractivity contribution in [1.82, 2.24) is 10.2 Å². The third-order valence-electron chi connectivity index (χ3n) is 3.56. The molecule has 0 aromatic carbocycles. The zero-order chi connectivity index (χ0) is 11.8. The lowest BCUT2D eigenvalue weighted by atomic mass is 10.0.